The van der Waals surface area contributed by atoms with Gasteiger partial charge in [-0.3, -0.25) is 9.36 Å². The van der Waals surface area contributed by atoms with Gasteiger partial charge in [0.2, 0.25) is 0 Å². The minimum atomic E-state index is -0.640. The number of carbonyl (C=O) groups is 1. The van der Waals surface area contributed by atoms with Crippen molar-refractivity contribution in [1.82, 2.24) is 15.2 Å². The van der Waals surface area contributed by atoms with E-state index in [-0.39, 0.29) is 11.7 Å². The van der Waals surface area contributed by atoms with E-state index in [4.69, 9.17) is 9.15 Å². The fourth-order valence-electron chi connectivity index (χ4n) is 3.90. The van der Waals surface area contributed by atoms with Crippen molar-refractivity contribution in [3.8, 4) is 17.2 Å². The number of nitriles is 1. The third-order valence-electron chi connectivity index (χ3n) is 5.72. The lowest BCUT2D eigenvalue weighted by molar-refractivity contribution is -0.132. The number of oxazole rings is 1. The quantitative estimate of drug-likeness (QED) is 0.636. The molecule has 0 saturated carbocycles. The largest absolute Gasteiger partial charge is 0.419 e. The van der Waals surface area contributed by atoms with Crippen LogP contribution < -0.4 is 16.4 Å². The van der Waals surface area contributed by atoms with Crippen molar-refractivity contribution in [3.63, 3.8) is 0 Å². The molecule has 2 N–H and O–H groups in total. The molecule has 0 radical (unpaired) electrons. The summed E-state index contributed by atoms with van der Waals surface area (Å²) in [7, 11) is 1.69. The van der Waals surface area contributed by atoms with Crippen LogP contribution in [0.4, 0.5) is 0 Å². The third kappa shape index (κ3) is 4.59. The number of carbonyl (C=O) groups excluding carboxylic acids is 1. The molecule has 3 aromatic rings. The molecule has 1 aromatic heterocycles. The van der Waals surface area contributed by atoms with Gasteiger partial charge in [0.25, 0.3) is 5.91 Å². The Labute approximate surface area is 185 Å². The van der Waals surface area contributed by atoms with E-state index in [1.165, 1.54) is 4.57 Å². The van der Waals surface area contributed by atoms with Gasteiger partial charge in [0.15, 0.2) is 5.58 Å². The number of benzene rings is 2. The molecule has 0 bridgehead atoms. The molecule has 8 nitrogen and oxygen atoms in total. The monoisotopic (exact) mass is 434 g/mol. The minimum absolute atomic E-state index is 0.267. The second-order valence-corrected chi connectivity index (χ2v) is 8.08. The van der Waals surface area contributed by atoms with Crippen LogP contribution in [0.15, 0.2) is 45.6 Å². The zero-order valence-corrected chi connectivity index (χ0v) is 18.2. The Hall–Kier alpha value is -3.41. The van der Waals surface area contributed by atoms with Gasteiger partial charge in [-0.15, -0.1) is 0 Å². The van der Waals surface area contributed by atoms with Gasteiger partial charge < -0.3 is 19.8 Å². The highest BCUT2D eigenvalue weighted by Crippen LogP contribution is 2.27. The first-order chi connectivity index (χ1) is 15.5. The molecule has 32 heavy (non-hydrogen) atoms. The number of nitrogens with one attached hydrogen (secondary N) is 2. The van der Waals surface area contributed by atoms with Crippen LogP contribution in [0, 0.1) is 18.3 Å². The van der Waals surface area contributed by atoms with Crippen LogP contribution in [0.25, 0.3) is 22.2 Å². The number of ether oxygens (including phenoxy) is 1. The van der Waals surface area contributed by atoms with Crippen molar-refractivity contribution < 1.29 is 13.9 Å². The van der Waals surface area contributed by atoms with Gasteiger partial charge >= 0.3 is 5.76 Å². The minimum Gasteiger partial charge on any atom is -0.407 e. The summed E-state index contributed by atoms with van der Waals surface area (Å²) in [5, 5.41) is 15.5. The molecule has 1 saturated heterocycles. The van der Waals surface area contributed by atoms with Crippen LogP contribution in [-0.4, -0.2) is 42.3 Å². The van der Waals surface area contributed by atoms with Crippen molar-refractivity contribution in [2.45, 2.75) is 31.9 Å². The first-order valence-electron chi connectivity index (χ1n) is 10.7. The summed E-state index contributed by atoms with van der Waals surface area (Å²) in [6.45, 7) is 3.71. The van der Waals surface area contributed by atoms with Crippen molar-refractivity contribution in [1.29, 1.82) is 5.26 Å². The van der Waals surface area contributed by atoms with E-state index in [2.05, 4.69) is 16.7 Å². The van der Waals surface area contributed by atoms with Crippen molar-refractivity contribution in [2.24, 2.45) is 7.05 Å². The predicted octanol–water partition coefficient (Wildman–Crippen LogP) is 2.04. The van der Waals surface area contributed by atoms with Crippen LogP contribution in [0.3, 0.4) is 0 Å². The molecule has 4 rings (SSSR count). The Morgan fingerprint density at radius 3 is 2.84 bits per heavy atom. The summed E-state index contributed by atoms with van der Waals surface area (Å²) in [5.74, 6) is -0.651. The number of hydrogen-bond acceptors (Lipinski definition) is 6. The second-order valence-electron chi connectivity index (χ2n) is 8.08. The maximum atomic E-state index is 12.5. The normalized spacial score (nSPS) is 17.5. The Morgan fingerprint density at radius 1 is 1.31 bits per heavy atom. The summed E-state index contributed by atoms with van der Waals surface area (Å²) < 4.78 is 12.4. The number of fused-ring (bicyclic) bond motifs is 1. The summed E-state index contributed by atoms with van der Waals surface area (Å²) >= 11 is 0. The van der Waals surface area contributed by atoms with Gasteiger partial charge in [-0.2, -0.15) is 5.26 Å². The smallest absolute Gasteiger partial charge is 0.407 e. The van der Waals surface area contributed by atoms with Gasteiger partial charge in [-0.1, -0.05) is 24.3 Å². The van der Waals surface area contributed by atoms with Gasteiger partial charge in [-0.25, -0.2) is 4.79 Å². The average Bonchev–Trinajstić information content (AvgIpc) is 2.98. The first-order valence-corrected chi connectivity index (χ1v) is 10.7. The summed E-state index contributed by atoms with van der Waals surface area (Å²) in [6, 6.07) is 13.3. The fraction of sp³-hybridized carbons (Fsp3) is 0.375. The van der Waals surface area contributed by atoms with Gasteiger partial charge in [-0.05, 0) is 54.3 Å². The molecule has 0 aliphatic carbocycles. The molecule has 166 valence electrons. The van der Waals surface area contributed by atoms with Crippen molar-refractivity contribution in [3.05, 3.63) is 58.1 Å². The standard InChI is InChI=1S/C24H26N4O4/c1-15-10-18(12-20-22(15)32-24(30)28(20)2)17-6-4-16(5-7-17)11-19(13-25)27-23(29)21-14-26-8-3-9-31-21/h4-7,10,12,19,21,26H,3,8-9,11,14H2,1-2H3,(H,27,29)/t19-,21-/m0/s1. The summed E-state index contributed by atoms with van der Waals surface area (Å²) in [6.07, 6.45) is 0.686. The number of nitrogens with zero attached hydrogens (tertiary/aromatic N) is 2. The van der Waals surface area contributed by atoms with Crippen molar-refractivity contribution in [2.75, 3.05) is 19.7 Å². The fourth-order valence-corrected chi connectivity index (χ4v) is 3.90. The third-order valence-corrected chi connectivity index (χ3v) is 5.72. The molecule has 8 heteroatoms. The Kier molecular flexibility index (Phi) is 6.40. The van der Waals surface area contributed by atoms with E-state index in [1.54, 1.807) is 7.05 Å². The van der Waals surface area contributed by atoms with Crippen LogP contribution in [0.2, 0.25) is 0 Å². The highest BCUT2D eigenvalue weighted by atomic mass is 16.5. The topological polar surface area (TPSA) is 109 Å². The van der Waals surface area contributed by atoms with E-state index < -0.39 is 12.1 Å². The SMILES string of the molecule is Cc1cc(-c2ccc(C[C@@H](C#N)NC(=O)[C@@H]3CNCCCO3)cc2)cc2c1oc(=O)n2C. The zero-order valence-electron chi connectivity index (χ0n) is 18.2. The molecule has 1 amide bonds. The van der Waals surface area contributed by atoms with E-state index in [0.717, 1.165) is 40.7 Å². The zero-order chi connectivity index (χ0) is 22.7. The van der Waals surface area contributed by atoms with Gasteiger partial charge in [0.1, 0.15) is 12.1 Å². The highest BCUT2D eigenvalue weighted by molar-refractivity contribution is 5.84. The van der Waals surface area contributed by atoms with Crippen LogP contribution in [0.5, 0.6) is 0 Å². The summed E-state index contributed by atoms with van der Waals surface area (Å²) in [5.41, 5.74) is 5.13. The molecule has 2 aromatic carbocycles. The van der Waals surface area contributed by atoms with Crippen LogP contribution >= 0.6 is 0 Å². The number of rotatable bonds is 5. The van der Waals surface area contributed by atoms with E-state index in [1.807, 2.05) is 43.3 Å². The molecular formula is C24H26N4O4. The van der Waals surface area contributed by atoms with E-state index >= 15 is 0 Å². The maximum Gasteiger partial charge on any atom is 0.419 e. The molecule has 1 fully saturated rings. The Morgan fingerprint density at radius 2 is 2.09 bits per heavy atom. The van der Waals surface area contributed by atoms with Gasteiger partial charge in [0, 0.05) is 26.6 Å². The molecule has 0 spiro atoms. The lowest BCUT2D eigenvalue weighted by Crippen LogP contribution is -2.46. The molecule has 2 atom stereocenters. The van der Waals surface area contributed by atoms with E-state index in [9.17, 15) is 14.9 Å². The number of hydrogen-bond donors (Lipinski definition) is 2. The first kappa shape index (κ1) is 21.8. The average molecular weight is 434 g/mol. The van der Waals surface area contributed by atoms with Gasteiger partial charge in [0.05, 0.1) is 11.6 Å². The van der Waals surface area contributed by atoms with Crippen molar-refractivity contribution >= 4 is 17.0 Å². The van der Waals surface area contributed by atoms with E-state index in [0.29, 0.717) is 25.2 Å². The molecule has 0 unspecified atom stereocenters. The molecule has 2 heterocycles. The molecule has 1 aliphatic rings. The second kappa shape index (κ2) is 9.39. The number of amides is 1. The van der Waals surface area contributed by atoms with Crippen LogP contribution in [-0.2, 0) is 23.0 Å². The number of aromatic nitrogens is 1. The lowest BCUT2D eigenvalue weighted by atomic mass is 9.99. The van der Waals surface area contributed by atoms with Crippen LogP contribution in [0.1, 0.15) is 17.5 Å². The molecular weight excluding hydrogens is 408 g/mol. The Bertz CT molecular complexity index is 1210. The summed E-state index contributed by atoms with van der Waals surface area (Å²) in [4.78, 5) is 24.3. The molecule has 1 aliphatic heterocycles. The lowest BCUT2D eigenvalue weighted by Gasteiger charge is -2.18. The number of aryl methyl sites for hydroxylation is 2. The predicted molar refractivity (Wildman–Crippen MR) is 120 cm³/mol. The Balaban J connectivity index is 1.47. The highest BCUT2D eigenvalue weighted by Gasteiger charge is 2.23. The maximum absolute atomic E-state index is 12.5.